The van der Waals surface area contributed by atoms with Crippen LogP contribution in [0.5, 0.6) is 0 Å². The van der Waals surface area contributed by atoms with Crippen LogP contribution in [-0.2, 0) is 10.0 Å². The first-order valence-corrected chi connectivity index (χ1v) is 14.5. The maximum atomic E-state index is 14.7. The zero-order chi connectivity index (χ0) is 27.0. The van der Waals surface area contributed by atoms with Gasteiger partial charge < -0.3 is 10.3 Å². The van der Waals surface area contributed by atoms with E-state index in [1.807, 2.05) is 110 Å². The van der Waals surface area contributed by atoms with Crippen molar-refractivity contribution in [3.05, 3.63) is 121 Å². The lowest BCUT2D eigenvalue weighted by Crippen LogP contribution is -2.27. The molecule has 0 fully saturated rings. The topological polar surface area (TPSA) is 65.2 Å². The van der Waals surface area contributed by atoms with Crippen molar-refractivity contribution < 1.29 is 8.42 Å². The Morgan fingerprint density at radius 2 is 1.36 bits per heavy atom. The van der Waals surface area contributed by atoms with Crippen molar-refractivity contribution in [2.75, 3.05) is 16.2 Å². The van der Waals surface area contributed by atoms with Crippen LogP contribution in [0.2, 0.25) is 0 Å². The van der Waals surface area contributed by atoms with Gasteiger partial charge in [0.05, 0.1) is 22.0 Å². The monoisotopic (exact) mass is 531 g/mol. The third-order valence-electron chi connectivity index (χ3n) is 6.99. The fourth-order valence-electron chi connectivity index (χ4n) is 5.14. The minimum Gasteiger partial charge on any atom is -0.385 e. The molecule has 2 N–H and O–H groups in total. The number of aromatic nitrogens is 1. The number of rotatable bonds is 7. The molecule has 0 aliphatic rings. The van der Waals surface area contributed by atoms with Crippen molar-refractivity contribution >= 4 is 48.8 Å². The van der Waals surface area contributed by atoms with Crippen molar-refractivity contribution in [3.8, 4) is 11.3 Å². The zero-order valence-electron chi connectivity index (χ0n) is 21.8. The number of H-pyrrole nitrogens is 1. The van der Waals surface area contributed by atoms with Crippen LogP contribution in [0.3, 0.4) is 0 Å². The Hall–Kier alpha value is -4.55. The lowest BCUT2D eigenvalue weighted by molar-refractivity contribution is 0.596. The van der Waals surface area contributed by atoms with Gasteiger partial charge in [0.25, 0.3) is 10.0 Å². The van der Waals surface area contributed by atoms with E-state index in [1.54, 1.807) is 12.1 Å². The summed E-state index contributed by atoms with van der Waals surface area (Å²) >= 11 is 0. The van der Waals surface area contributed by atoms with Gasteiger partial charge in [0, 0.05) is 39.5 Å². The van der Waals surface area contributed by atoms with Crippen LogP contribution in [-0.4, -0.2) is 19.9 Å². The Balaban J connectivity index is 1.73. The number of fused-ring (bicyclic) bond motifs is 2. The molecule has 0 radical (unpaired) electrons. The van der Waals surface area contributed by atoms with Crippen molar-refractivity contribution in [1.82, 2.24) is 4.98 Å². The molecule has 6 rings (SSSR count). The maximum absolute atomic E-state index is 14.7. The maximum Gasteiger partial charge on any atom is 0.268 e. The first kappa shape index (κ1) is 24.8. The number of hydrogen-bond acceptors (Lipinski definition) is 3. The van der Waals surface area contributed by atoms with E-state index in [9.17, 15) is 8.42 Å². The summed E-state index contributed by atoms with van der Waals surface area (Å²) in [6, 6.07) is 36.6. The van der Waals surface area contributed by atoms with Gasteiger partial charge in [0.1, 0.15) is 0 Å². The molecular formula is C33H29N3O2S. The normalized spacial score (nSPS) is 11.6. The van der Waals surface area contributed by atoms with E-state index in [1.165, 1.54) is 4.31 Å². The molecule has 0 bridgehead atoms. The summed E-state index contributed by atoms with van der Waals surface area (Å²) < 4.78 is 31.0. The molecular weight excluding hydrogens is 502 g/mol. The number of aromatic amines is 1. The van der Waals surface area contributed by atoms with Crippen LogP contribution in [0, 0.1) is 6.92 Å². The molecule has 39 heavy (non-hydrogen) atoms. The molecule has 0 unspecified atom stereocenters. The fraction of sp³-hybridized carbons (Fsp3) is 0.0909. The minimum atomic E-state index is -4.04. The van der Waals surface area contributed by atoms with Crippen LogP contribution in [0.25, 0.3) is 32.9 Å². The average molecular weight is 532 g/mol. The van der Waals surface area contributed by atoms with Gasteiger partial charge in [0.2, 0.25) is 0 Å². The quantitative estimate of drug-likeness (QED) is 0.218. The van der Waals surface area contributed by atoms with Gasteiger partial charge in [-0.3, -0.25) is 0 Å². The highest BCUT2D eigenvalue weighted by atomic mass is 32.2. The number of aryl methyl sites for hydroxylation is 1. The highest BCUT2D eigenvalue weighted by Crippen LogP contribution is 2.46. The highest BCUT2D eigenvalue weighted by Gasteiger charge is 2.33. The first-order chi connectivity index (χ1) is 19.0. The van der Waals surface area contributed by atoms with E-state index in [0.717, 1.165) is 50.7 Å². The van der Waals surface area contributed by atoms with Crippen LogP contribution in [0.1, 0.15) is 12.5 Å². The average Bonchev–Trinajstić information content (AvgIpc) is 3.34. The van der Waals surface area contributed by atoms with Crippen LogP contribution >= 0.6 is 0 Å². The van der Waals surface area contributed by atoms with E-state index in [4.69, 9.17) is 0 Å². The van der Waals surface area contributed by atoms with Gasteiger partial charge in [-0.1, -0.05) is 90.5 Å². The molecule has 0 saturated carbocycles. The van der Waals surface area contributed by atoms with Crippen molar-refractivity contribution in [3.63, 3.8) is 0 Å². The van der Waals surface area contributed by atoms with Crippen LogP contribution in [0.4, 0.5) is 17.1 Å². The second-order valence-corrected chi connectivity index (χ2v) is 11.3. The molecule has 1 heterocycles. The Morgan fingerprint density at radius 1 is 0.718 bits per heavy atom. The first-order valence-electron chi connectivity index (χ1n) is 13.0. The summed E-state index contributed by atoms with van der Waals surface area (Å²) in [5.41, 5.74) is 5.66. The van der Waals surface area contributed by atoms with E-state index in [0.29, 0.717) is 11.4 Å². The van der Waals surface area contributed by atoms with Crippen molar-refractivity contribution in [2.45, 2.75) is 18.7 Å². The fourth-order valence-corrected chi connectivity index (χ4v) is 6.68. The summed E-state index contributed by atoms with van der Waals surface area (Å²) in [6.45, 7) is 4.76. The molecule has 194 valence electrons. The minimum absolute atomic E-state index is 0.234. The van der Waals surface area contributed by atoms with Gasteiger partial charge in [0.15, 0.2) is 0 Å². The van der Waals surface area contributed by atoms with Gasteiger partial charge >= 0.3 is 0 Å². The predicted molar refractivity (Wildman–Crippen MR) is 162 cm³/mol. The van der Waals surface area contributed by atoms with E-state index >= 15 is 0 Å². The molecule has 0 atom stereocenters. The number of sulfonamides is 1. The Morgan fingerprint density at radius 3 is 2.08 bits per heavy atom. The molecule has 6 aromatic rings. The molecule has 0 spiro atoms. The van der Waals surface area contributed by atoms with Crippen molar-refractivity contribution in [2.24, 2.45) is 0 Å². The number of anilines is 3. The SMILES string of the molecule is CCNc1ccc(N(c2c(-c3ccccc3)[nH]c3ccccc23)S(=O)(=O)c2ccc(C)cc2)c2ccccc12. The summed E-state index contributed by atoms with van der Waals surface area (Å²) in [5.74, 6) is 0. The summed E-state index contributed by atoms with van der Waals surface area (Å²) in [5, 5.41) is 6.05. The standard InChI is InChI=1S/C33H29N3O2S/c1-3-34-29-21-22-31(27-14-8-7-13-26(27)29)36(39(37,38)25-19-17-23(2)18-20-25)33-28-15-9-10-16-30(28)35-32(33)24-11-5-4-6-12-24/h4-22,34-35H,3H2,1-2H3. The molecule has 5 nitrogen and oxygen atoms in total. The summed E-state index contributed by atoms with van der Waals surface area (Å²) in [7, 11) is -4.04. The molecule has 0 aliphatic heterocycles. The van der Waals surface area contributed by atoms with Gasteiger partial charge in [-0.15, -0.1) is 0 Å². The van der Waals surface area contributed by atoms with Gasteiger partial charge in [-0.25, -0.2) is 12.7 Å². The molecule has 0 saturated heterocycles. The molecule has 0 aliphatic carbocycles. The Labute approximate surface area is 228 Å². The van der Waals surface area contributed by atoms with E-state index < -0.39 is 10.0 Å². The van der Waals surface area contributed by atoms with Crippen LogP contribution < -0.4 is 9.62 Å². The zero-order valence-corrected chi connectivity index (χ0v) is 22.7. The Bertz CT molecular complexity index is 1890. The number of nitrogens with zero attached hydrogens (tertiary/aromatic N) is 1. The summed E-state index contributed by atoms with van der Waals surface area (Å²) in [4.78, 5) is 3.76. The molecule has 5 aromatic carbocycles. The highest BCUT2D eigenvalue weighted by molar-refractivity contribution is 7.93. The molecule has 1 aromatic heterocycles. The number of benzene rings is 5. The van der Waals surface area contributed by atoms with Gasteiger partial charge in [-0.05, 0) is 44.2 Å². The number of nitrogens with one attached hydrogen (secondary N) is 2. The van der Waals surface area contributed by atoms with E-state index in [2.05, 4.69) is 17.2 Å². The Kier molecular flexibility index (Phi) is 6.33. The second kappa shape index (κ2) is 9.97. The number of hydrogen-bond donors (Lipinski definition) is 2. The van der Waals surface area contributed by atoms with Gasteiger partial charge in [-0.2, -0.15) is 0 Å². The third kappa shape index (κ3) is 4.33. The van der Waals surface area contributed by atoms with Crippen molar-refractivity contribution in [1.29, 1.82) is 0 Å². The third-order valence-corrected chi connectivity index (χ3v) is 8.72. The lowest BCUT2D eigenvalue weighted by Gasteiger charge is -2.27. The lowest BCUT2D eigenvalue weighted by atomic mass is 10.1. The van der Waals surface area contributed by atoms with E-state index in [-0.39, 0.29) is 4.90 Å². The molecule has 6 heteroatoms. The predicted octanol–water partition coefficient (Wildman–Crippen LogP) is 8.26. The van der Waals surface area contributed by atoms with Crippen LogP contribution in [0.15, 0.2) is 120 Å². The summed E-state index contributed by atoms with van der Waals surface area (Å²) in [6.07, 6.45) is 0. The molecule has 0 amide bonds. The second-order valence-electron chi connectivity index (χ2n) is 9.55. The number of para-hydroxylation sites is 1. The smallest absolute Gasteiger partial charge is 0.268 e. The largest absolute Gasteiger partial charge is 0.385 e.